The molecule has 2 heterocycles. The lowest BCUT2D eigenvalue weighted by atomic mass is 10.1. The minimum atomic E-state index is -0.155. The van der Waals surface area contributed by atoms with Crippen molar-refractivity contribution < 1.29 is 9.53 Å². The summed E-state index contributed by atoms with van der Waals surface area (Å²) in [6.45, 7) is 4.37. The zero-order valence-electron chi connectivity index (χ0n) is 13.4. The van der Waals surface area contributed by atoms with Crippen LogP contribution in [0.5, 0.6) is 0 Å². The number of benzene rings is 1. The molecule has 0 aliphatic carbocycles. The number of esters is 1. The molecule has 1 aliphatic rings. The van der Waals surface area contributed by atoms with Gasteiger partial charge in [0.2, 0.25) is 0 Å². The van der Waals surface area contributed by atoms with E-state index < -0.39 is 0 Å². The van der Waals surface area contributed by atoms with Gasteiger partial charge in [0.1, 0.15) is 5.69 Å². The van der Waals surface area contributed by atoms with Gasteiger partial charge in [0.25, 0.3) is 0 Å². The number of ether oxygens (including phenoxy) is 1. The molecule has 122 valence electrons. The van der Waals surface area contributed by atoms with Gasteiger partial charge in [-0.15, -0.1) is 5.10 Å². The average molecular weight is 314 g/mol. The van der Waals surface area contributed by atoms with Crippen LogP contribution in [0.2, 0.25) is 0 Å². The first kappa shape index (κ1) is 15.7. The molecule has 6 heteroatoms. The molecular formula is C17H22N4O2. The molecule has 6 nitrogen and oxygen atoms in total. The second kappa shape index (κ2) is 7.37. The number of fused-ring (bicyclic) bond motifs is 1. The van der Waals surface area contributed by atoms with Crippen LogP contribution < -0.4 is 0 Å². The summed E-state index contributed by atoms with van der Waals surface area (Å²) in [7, 11) is 0. The molecule has 0 amide bonds. The van der Waals surface area contributed by atoms with Crippen LogP contribution in [0, 0.1) is 0 Å². The van der Waals surface area contributed by atoms with Crippen molar-refractivity contribution >= 4 is 5.97 Å². The number of unbranched alkanes of at least 4 members (excludes halogenated alkanes) is 1. The SMILES string of the molecule is CCCCOC(=O)CN1CCc2c(nnn2-c2ccccc2)C1. The van der Waals surface area contributed by atoms with Crippen LogP contribution in [0.25, 0.3) is 5.69 Å². The van der Waals surface area contributed by atoms with Gasteiger partial charge in [-0.2, -0.15) is 0 Å². The highest BCUT2D eigenvalue weighted by Gasteiger charge is 2.24. The minimum Gasteiger partial charge on any atom is -0.465 e. The molecule has 0 fully saturated rings. The Hall–Kier alpha value is -2.21. The Morgan fingerprint density at radius 3 is 2.91 bits per heavy atom. The summed E-state index contributed by atoms with van der Waals surface area (Å²) in [4.78, 5) is 13.9. The van der Waals surface area contributed by atoms with Crippen molar-refractivity contribution in [3.8, 4) is 5.69 Å². The van der Waals surface area contributed by atoms with Crippen LogP contribution in [0.15, 0.2) is 30.3 Å². The maximum atomic E-state index is 11.8. The van der Waals surface area contributed by atoms with Gasteiger partial charge in [-0.3, -0.25) is 9.69 Å². The topological polar surface area (TPSA) is 60.2 Å². The molecule has 0 unspecified atom stereocenters. The van der Waals surface area contributed by atoms with Crippen molar-refractivity contribution in [3.63, 3.8) is 0 Å². The number of rotatable bonds is 6. The first-order valence-corrected chi connectivity index (χ1v) is 8.14. The van der Waals surface area contributed by atoms with Crippen molar-refractivity contribution in [2.24, 2.45) is 0 Å². The van der Waals surface area contributed by atoms with Crippen LogP contribution in [0.3, 0.4) is 0 Å². The fourth-order valence-electron chi connectivity index (χ4n) is 2.73. The number of hydrogen-bond donors (Lipinski definition) is 0. The van der Waals surface area contributed by atoms with Gasteiger partial charge < -0.3 is 4.74 Å². The normalized spacial score (nSPS) is 14.5. The zero-order chi connectivity index (χ0) is 16.1. The summed E-state index contributed by atoms with van der Waals surface area (Å²) in [5.41, 5.74) is 3.10. The number of carbonyl (C=O) groups is 1. The van der Waals surface area contributed by atoms with Gasteiger partial charge in [0.15, 0.2) is 0 Å². The van der Waals surface area contributed by atoms with E-state index in [2.05, 4.69) is 22.1 Å². The molecule has 1 aromatic heterocycles. The third-order valence-electron chi connectivity index (χ3n) is 4.00. The molecule has 0 N–H and O–H groups in total. The lowest BCUT2D eigenvalue weighted by Crippen LogP contribution is -2.36. The lowest BCUT2D eigenvalue weighted by Gasteiger charge is -2.25. The Balaban J connectivity index is 1.62. The van der Waals surface area contributed by atoms with Crippen LogP contribution in [0.1, 0.15) is 31.2 Å². The summed E-state index contributed by atoms with van der Waals surface area (Å²) in [5, 5.41) is 8.55. The second-order valence-electron chi connectivity index (χ2n) is 5.76. The highest BCUT2D eigenvalue weighted by Crippen LogP contribution is 2.19. The minimum absolute atomic E-state index is 0.155. The molecule has 0 spiro atoms. The summed E-state index contributed by atoms with van der Waals surface area (Å²) in [6, 6.07) is 10.0. The van der Waals surface area contributed by atoms with Gasteiger partial charge in [0.05, 0.1) is 24.5 Å². The standard InChI is InChI=1S/C17H22N4O2/c1-2-3-11-23-17(22)13-20-10-9-16-15(12-20)18-19-21(16)14-7-5-4-6-8-14/h4-8H,2-3,9-13H2,1H3. The Kier molecular flexibility index (Phi) is 5.02. The first-order chi connectivity index (χ1) is 11.3. The molecule has 2 aromatic rings. The molecule has 0 saturated heterocycles. The quantitative estimate of drug-likeness (QED) is 0.602. The van der Waals surface area contributed by atoms with E-state index in [1.54, 1.807) is 0 Å². The summed E-state index contributed by atoms with van der Waals surface area (Å²) >= 11 is 0. The summed E-state index contributed by atoms with van der Waals surface area (Å²) in [6.07, 6.45) is 2.78. The molecule has 0 bridgehead atoms. The smallest absolute Gasteiger partial charge is 0.320 e. The van der Waals surface area contributed by atoms with Crippen molar-refractivity contribution in [2.75, 3.05) is 19.7 Å². The molecule has 1 aliphatic heterocycles. The zero-order valence-corrected chi connectivity index (χ0v) is 13.4. The van der Waals surface area contributed by atoms with E-state index >= 15 is 0 Å². The third kappa shape index (κ3) is 3.76. The van der Waals surface area contributed by atoms with E-state index in [0.29, 0.717) is 19.7 Å². The predicted octanol–water partition coefficient (Wildman–Crippen LogP) is 1.97. The average Bonchev–Trinajstić information content (AvgIpc) is 2.99. The lowest BCUT2D eigenvalue weighted by molar-refractivity contribution is -0.145. The second-order valence-corrected chi connectivity index (χ2v) is 5.76. The van der Waals surface area contributed by atoms with Gasteiger partial charge in [0, 0.05) is 19.5 Å². The third-order valence-corrected chi connectivity index (χ3v) is 4.00. The molecule has 23 heavy (non-hydrogen) atoms. The Morgan fingerprint density at radius 2 is 2.13 bits per heavy atom. The van der Waals surface area contributed by atoms with Gasteiger partial charge >= 0.3 is 5.97 Å². The molecule has 1 aromatic carbocycles. The van der Waals surface area contributed by atoms with E-state index in [9.17, 15) is 4.79 Å². The first-order valence-electron chi connectivity index (χ1n) is 8.14. The Labute approximate surface area is 136 Å². The predicted molar refractivity (Wildman–Crippen MR) is 86.2 cm³/mol. The van der Waals surface area contributed by atoms with Crippen LogP contribution >= 0.6 is 0 Å². The van der Waals surface area contributed by atoms with Crippen molar-refractivity contribution in [2.45, 2.75) is 32.7 Å². The Morgan fingerprint density at radius 1 is 1.30 bits per heavy atom. The van der Waals surface area contributed by atoms with Crippen molar-refractivity contribution in [1.29, 1.82) is 0 Å². The summed E-state index contributed by atoms with van der Waals surface area (Å²) < 4.78 is 7.12. The highest BCUT2D eigenvalue weighted by atomic mass is 16.5. The van der Waals surface area contributed by atoms with Gasteiger partial charge in [-0.1, -0.05) is 36.8 Å². The number of carbonyl (C=O) groups excluding carboxylic acids is 1. The molecule has 3 rings (SSSR count). The van der Waals surface area contributed by atoms with Gasteiger partial charge in [-0.25, -0.2) is 4.68 Å². The number of para-hydroxylation sites is 1. The van der Waals surface area contributed by atoms with E-state index in [-0.39, 0.29) is 5.97 Å². The van der Waals surface area contributed by atoms with Crippen molar-refractivity contribution in [3.05, 3.63) is 41.7 Å². The van der Waals surface area contributed by atoms with Crippen molar-refractivity contribution in [1.82, 2.24) is 19.9 Å². The number of hydrogen-bond acceptors (Lipinski definition) is 5. The fraction of sp³-hybridized carbons (Fsp3) is 0.471. The van der Waals surface area contributed by atoms with Gasteiger partial charge in [-0.05, 0) is 18.6 Å². The maximum absolute atomic E-state index is 11.8. The molecule has 0 atom stereocenters. The summed E-state index contributed by atoms with van der Waals surface area (Å²) in [5.74, 6) is -0.155. The van der Waals surface area contributed by atoms with E-state index in [1.165, 1.54) is 0 Å². The monoisotopic (exact) mass is 314 g/mol. The maximum Gasteiger partial charge on any atom is 0.320 e. The number of aromatic nitrogens is 3. The highest BCUT2D eigenvalue weighted by molar-refractivity contribution is 5.71. The van der Waals surface area contributed by atoms with E-state index in [0.717, 1.165) is 42.9 Å². The van der Waals surface area contributed by atoms with E-state index in [4.69, 9.17) is 4.74 Å². The number of nitrogens with zero attached hydrogens (tertiary/aromatic N) is 4. The van der Waals surface area contributed by atoms with Crippen LogP contribution in [0.4, 0.5) is 0 Å². The molecule has 0 radical (unpaired) electrons. The largest absolute Gasteiger partial charge is 0.465 e. The fourth-order valence-corrected chi connectivity index (χ4v) is 2.73. The van der Waals surface area contributed by atoms with Crippen LogP contribution in [-0.2, 0) is 22.5 Å². The molecular weight excluding hydrogens is 292 g/mol. The Bertz CT molecular complexity index is 654. The van der Waals surface area contributed by atoms with Crippen LogP contribution in [-0.4, -0.2) is 45.6 Å². The molecule has 0 saturated carbocycles. The van der Waals surface area contributed by atoms with E-state index in [1.807, 2.05) is 35.0 Å².